The molecule has 0 saturated heterocycles. The van der Waals surface area contributed by atoms with Crippen molar-refractivity contribution in [2.75, 3.05) is 10.6 Å². The van der Waals surface area contributed by atoms with E-state index in [2.05, 4.69) is 31.0 Å². The van der Waals surface area contributed by atoms with Gasteiger partial charge in [-0.25, -0.2) is 18.2 Å². The van der Waals surface area contributed by atoms with Gasteiger partial charge in [0.2, 0.25) is 0 Å². The molecule has 1 fully saturated rings. The van der Waals surface area contributed by atoms with Crippen LogP contribution >= 0.6 is 22.9 Å². The van der Waals surface area contributed by atoms with E-state index in [1.807, 2.05) is 5.21 Å². The summed E-state index contributed by atoms with van der Waals surface area (Å²) in [6, 6.07) is 3.69. The number of carboxylic acid groups (broad SMARTS) is 1. The van der Waals surface area contributed by atoms with E-state index in [1.165, 1.54) is 18.2 Å². The van der Waals surface area contributed by atoms with Crippen LogP contribution in [0.1, 0.15) is 41.7 Å². The Labute approximate surface area is 207 Å². The van der Waals surface area contributed by atoms with Gasteiger partial charge >= 0.3 is 12.0 Å². The van der Waals surface area contributed by atoms with Crippen molar-refractivity contribution >= 4 is 61.4 Å². The lowest BCUT2D eigenvalue weighted by Crippen LogP contribution is -2.22. The number of carbonyl (C=O) groups excluding carboxylic acids is 2. The number of thiazole rings is 1. The van der Waals surface area contributed by atoms with Gasteiger partial charge in [-0.1, -0.05) is 40.9 Å². The Morgan fingerprint density at radius 2 is 1.94 bits per heavy atom. The first-order chi connectivity index (χ1) is 16.6. The average Bonchev–Trinajstić information content (AvgIpc) is 3.56. The van der Waals surface area contributed by atoms with E-state index < -0.39 is 37.6 Å². The van der Waals surface area contributed by atoms with E-state index in [0.29, 0.717) is 16.4 Å². The molecule has 13 nitrogen and oxygen atoms in total. The predicted octanol–water partition coefficient (Wildman–Crippen LogP) is 2.79. The number of halogens is 1. The number of nitrogens with one attached hydrogen (secondary N) is 3. The fraction of sp³-hybridized carbons (Fsp3) is 0.316. The Morgan fingerprint density at radius 3 is 2.60 bits per heavy atom. The van der Waals surface area contributed by atoms with Crippen molar-refractivity contribution < 1.29 is 27.9 Å². The molecule has 184 valence electrons. The molecule has 1 aromatic carbocycles. The number of carbonyl (C=O) groups is 3. The molecule has 1 saturated carbocycles. The zero-order chi connectivity index (χ0) is 25.2. The summed E-state index contributed by atoms with van der Waals surface area (Å²) in [5, 5.41) is 25.7. The van der Waals surface area contributed by atoms with Crippen LogP contribution < -0.4 is 10.6 Å². The number of urea groups is 1. The Hall–Kier alpha value is -3.43. The number of nitrogens with zero attached hydrogens (tertiary/aromatic N) is 4. The number of aromatic amines is 1. The van der Waals surface area contributed by atoms with Crippen LogP contribution in [0.15, 0.2) is 27.6 Å². The van der Waals surface area contributed by atoms with Crippen LogP contribution in [-0.4, -0.2) is 56.9 Å². The minimum absolute atomic E-state index is 0.119. The second-order valence-electron chi connectivity index (χ2n) is 7.64. The van der Waals surface area contributed by atoms with Crippen LogP contribution in [-0.2, 0) is 21.1 Å². The molecule has 16 heteroatoms. The molecular weight excluding hydrogens is 522 g/mol. The normalized spacial score (nSPS) is 14.1. The van der Waals surface area contributed by atoms with Gasteiger partial charge in [-0.3, -0.25) is 14.9 Å². The molecule has 0 bridgehead atoms. The van der Waals surface area contributed by atoms with E-state index in [1.54, 1.807) is 0 Å². The van der Waals surface area contributed by atoms with Crippen LogP contribution in [0, 0.1) is 5.92 Å². The number of benzene rings is 1. The van der Waals surface area contributed by atoms with E-state index >= 15 is 0 Å². The molecule has 4 N–H and O–H groups in total. The van der Waals surface area contributed by atoms with E-state index in [-0.39, 0.29) is 33.8 Å². The topological polar surface area (TPSA) is 197 Å². The van der Waals surface area contributed by atoms with Crippen LogP contribution in [0.2, 0.25) is 5.02 Å². The summed E-state index contributed by atoms with van der Waals surface area (Å²) >= 11 is 6.60. The number of H-pyrrole nitrogens is 1. The van der Waals surface area contributed by atoms with Crippen molar-refractivity contribution in [1.29, 1.82) is 0 Å². The number of anilines is 2. The third-order valence-corrected chi connectivity index (χ3v) is 8.56. The fourth-order valence-corrected chi connectivity index (χ4v) is 6.38. The number of carboxylic acids is 1. The molecule has 1 aliphatic rings. The number of aromatic nitrogens is 5. The number of Topliss-reactive ketones (excluding diaryl/α,β-unsaturated/α-hetero) is 1. The Kier molecular flexibility index (Phi) is 7.09. The molecule has 0 spiro atoms. The molecule has 2 aromatic heterocycles. The van der Waals surface area contributed by atoms with Gasteiger partial charge in [0.15, 0.2) is 15.1 Å². The Morgan fingerprint density at radius 1 is 1.20 bits per heavy atom. The van der Waals surface area contributed by atoms with Crippen LogP contribution in [0.25, 0.3) is 0 Å². The molecular formula is C19H18ClN7O6S2. The van der Waals surface area contributed by atoms with Crippen molar-refractivity contribution in [2.45, 2.75) is 41.5 Å². The first-order valence-electron chi connectivity index (χ1n) is 10.3. The van der Waals surface area contributed by atoms with Crippen molar-refractivity contribution in [2.24, 2.45) is 5.92 Å². The smallest absolute Gasteiger partial charge is 0.325 e. The number of hydrogen-bond donors (Lipinski definition) is 4. The van der Waals surface area contributed by atoms with Gasteiger partial charge in [0.1, 0.15) is 0 Å². The maximum Gasteiger partial charge on any atom is 0.325 e. The highest BCUT2D eigenvalue weighted by atomic mass is 35.5. The zero-order valence-corrected chi connectivity index (χ0v) is 20.2. The average molecular weight is 540 g/mol. The molecule has 0 unspecified atom stereocenters. The molecule has 35 heavy (non-hydrogen) atoms. The summed E-state index contributed by atoms with van der Waals surface area (Å²) in [5.41, 5.74) is 0.197. The van der Waals surface area contributed by atoms with Gasteiger partial charge in [0.05, 0.1) is 17.8 Å². The summed E-state index contributed by atoms with van der Waals surface area (Å²) in [6.07, 6.45) is 2.72. The lowest BCUT2D eigenvalue weighted by atomic mass is 9.95. The monoisotopic (exact) mass is 539 g/mol. The number of sulfone groups is 1. The van der Waals surface area contributed by atoms with Crippen LogP contribution in [0.5, 0.6) is 0 Å². The van der Waals surface area contributed by atoms with Crippen LogP contribution in [0.3, 0.4) is 0 Å². The van der Waals surface area contributed by atoms with Gasteiger partial charge in [-0.05, 0) is 36.3 Å². The van der Waals surface area contributed by atoms with E-state index in [9.17, 15) is 22.8 Å². The highest BCUT2D eigenvalue weighted by molar-refractivity contribution is 7.93. The molecule has 2 heterocycles. The van der Waals surface area contributed by atoms with Crippen molar-refractivity contribution in [3.05, 3.63) is 34.5 Å². The largest absolute Gasteiger partial charge is 0.481 e. The molecule has 2 amide bonds. The summed E-state index contributed by atoms with van der Waals surface area (Å²) in [7, 11) is -4.33. The number of hydrogen-bond acceptors (Lipinski definition) is 10. The number of rotatable bonds is 8. The lowest BCUT2D eigenvalue weighted by Gasteiger charge is -2.14. The first kappa shape index (κ1) is 24.7. The summed E-state index contributed by atoms with van der Waals surface area (Å²) in [6.45, 7) is 0. The number of ketones is 1. The first-order valence-corrected chi connectivity index (χ1v) is 12.9. The van der Waals surface area contributed by atoms with Crippen molar-refractivity contribution in [1.82, 2.24) is 25.6 Å². The van der Waals surface area contributed by atoms with E-state index in [0.717, 1.165) is 25.7 Å². The molecule has 0 aliphatic heterocycles. The predicted molar refractivity (Wildman–Crippen MR) is 123 cm³/mol. The van der Waals surface area contributed by atoms with Gasteiger partial charge < -0.3 is 10.4 Å². The number of aliphatic carboxylic acids is 1. The van der Waals surface area contributed by atoms with Gasteiger partial charge in [-0.2, -0.15) is 5.21 Å². The minimum Gasteiger partial charge on any atom is -0.481 e. The molecule has 3 aromatic rings. The summed E-state index contributed by atoms with van der Waals surface area (Å²) < 4.78 is 25.1. The minimum atomic E-state index is -4.33. The third-order valence-electron chi connectivity index (χ3n) is 5.23. The van der Waals surface area contributed by atoms with Gasteiger partial charge in [0, 0.05) is 16.5 Å². The number of tetrazole rings is 1. The maximum absolute atomic E-state index is 13.0. The second kappa shape index (κ2) is 10.1. The molecule has 0 atom stereocenters. The number of amides is 2. The highest BCUT2D eigenvalue weighted by Gasteiger charge is 2.31. The zero-order valence-electron chi connectivity index (χ0n) is 17.8. The molecule has 4 rings (SSSR count). The molecule has 1 aliphatic carbocycles. The van der Waals surface area contributed by atoms with Gasteiger partial charge in [-0.15, -0.1) is 5.10 Å². The lowest BCUT2D eigenvalue weighted by molar-refractivity contribution is -0.136. The standard InChI is InChI=1S/C19H18ClN7O6S2/c20-10-5-6-12(11(7-10)15(30)9-3-1-2-4-9)21-17(31)23-18-22-13(8-14(28)29)16(34-18)35(32,33)19-24-26-27-25-19/h5-7,9H,1-4,8H2,(H,28,29)(H2,21,22,23,31)(H,24,25,26,27). The maximum atomic E-state index is 13.0. The SMILES string of the molecule is O=C(O)Cc1nc(NC(=O)Nc2ccc(Cl)cc2C(=O)C2CCCC2)sc1S(=O)(=O)c1nn[nH]n1. The highest BCUT2D eigenvalue weighted by Crippen LogP contribution is 2.33. The fourth-order valence-electron chi connectivity index (χ4n) is 3.69. The Bertz CT molecular complexity index is 1380. The van der Waals surface area contributed by atoms with Crippen molar-refractivity contribution in [3.8, 4) is 0 Å². The van der Waals surface area contributed by atoms with Gasteiger partial charge in [0.25, 0.3) is 15.0 Å². The Balaban J connectivity index is 1.58. The summed E-state index contributed by atoms with van der Waals surface area (Å²) in [4.78, 5) is 40.8. The van der Waals surface area contributed by atoms with Crippen LogP contribution in [0.4, 0.5) is 15.6 Å². The van der Waals surface area contributed by atoms with E-state index in [4.69, 9.17) is 16.7 Å². The van der Waals surface area contributed by atoms with Crippen molar-refractivity contribution in [3.63, 3.8) is 0 Å². The molecule has 0 radical (unpaired) electrons. The second-order valence-corrected chi connectivity index (χ2v) is 11.1. The summed E-state index contributed by atoms with van der Waals surface area (Å²) in [5.74, 6) is -1.59. The quantitative estimate of drug-likeness (QED) is 0.309. The third kappa shape index (κ3) is 5.47.